The van der Waals surface area contributed by atoms with Gasteiger partial charge >= 0.3 is 0 Å². The van der Waals surface area contributed by atoms with E-state index >= 15 is 0 Å². The first kappa shape index (κ1) is 17.2. The Morgan fingerprint density at radius 3 is 2.43 bits per heavy atom. The molecule has 0 aliphatic rings. The molecule has 0 unspecified atom stereocenters. The number of rotatable bonds is 9. The Balaban J connectivity index is 1.86. The van der Waals surface area contributed by atoms with Gasteiger partial charge in [-0.05, 0) is 43.7 Å². The Morgan fingerprint density at radius 1 is 0.957 bits per heavy atom. The number of ether oxygens (including phenoxy) is 3. The summed E-state index contributed by atoms with van der Waals surface area (Å²) in [6, 6.07) is 16.1. The molecule has 0 bridgehead atoms. The van der Waals surface area contributed by atoms with Crippen molar-refractivity contribution in [1.29, 1.82) is 0 Å². The first-order valence-electron chi connectivity index (χ1n) is 7.88. The summed E-state index contributed by atoms with van der Waals surface area (Å²) in [5, 5.41) is 3.40. The monoisotopic (exact) mass is 315 g/mol. The fraction of sp³-hybridized carbons (Fsp3) is 0.368. The van der Waals surface area contributed by atoms with Crippen molar-refractivity contribution in [3.05, 3.63) is 54.1 Å². The molecule has 2 aromatic carbocycles. The first-order chi connectivity index (χ1) is 11.2. The molecule has 0 aliphatic carbocycles. The Bertz CT molecular complexity index is 581. The van der Waals surface area contributed by atoms with Gasteiger partial charge in [-0.1, -0.05) is 18.2 Å². The number of anilines is 1. The number of nitrogens with one attached hydrogen (secondary N) is 1. The van der Waals surface area contributed by atoms with E-state index in [1.807, 2.05) is 50.2 Å². The van der Waals surface area contributed by atoms with E-state index < -0.39 is 0 Å². The lowest BCUT2D eigenvalue weighted by atomic mass is 10.2. The SMILES string of the molecule is COCCOc1cccc(NCc2ccc(OC(C)C)cc2)c1. The van der Waals surface area contributed by atoms with Crippen LogP contribution in [0.5, 0.6) is 11.5 Å². The van der Waals surface area contributed by atoms with Crippen LogP contribution in [-0.2, 0) is 11.3 Å². The normalized spacial score (nSPS) is 10.6. The smallest absolute Gasteiger partial charge is 0.121 e. The van der Waals surface area contributed by atoms with Crippen molar-refractivity contribution >= 4 is 5.69 Å². The minimum absolute atomic E-state index is 0.194. The third kappa shape index (κ3) is 6.20. The van der Waals surface area contributed by atoms with Gasteiger partial charge in [0.05, 0.1) is 12.7 Å². The summed E-state index contributed by atoms with van der Waals surface area (Å²) in [4.78, 5) is 0. The molecule has 0 spiro atoms. The standard InChI is InChI=1S/C19H25NO3/c1-15(2)23-18-9-7-16(8-10-18)14-20-17-5-4-6-19(13-17)22-12-11-21-3/h4-10,13,15,20H,11-12,14H2,1-3H3. The third-order valence-electron chi connectivity index (χ3n) is 3.18. The van der Waals surface area contributed by atoms with Gasteiger partial charge in [-0.25, -0.2) is 0 Å². The molecule has 1 N–H and O–H groups in total. The summed E-state index contributed by atoms with van der Waals surface area (Å²) < 4.78 is 16.2. The molecule has 23 heavy (non-hydrogen) atoms. The molecule has 124 valence electrons. The fourth-order valence-corrected chi connectivity index (χ4v) is 2.10. The summed E-state index contributed by atoms with van der Waals surface area (Å²) in [5.74, 6) is 1.74. The van der Waals surface area contributed by atoms with Gasteiger partial charge in [0, 0.05) is 25.4 Å². The van der Waals surface area contributed by atoms with Crippen molar-refractivity contribution in [2.45, 2.75) is 26.5 Å². The predicted molar refractivity (Wildman–Crippen MR) is 93.3 cm³/mol. The maximum atomic E-state index is 5.65. The second-order valence-electron chi connectivity index (χ2n) is 5.53. The van der Waals surface area contributed by atoms with Crippen LogP contribution in [0.4, 0.5) is 5.69 Å². The molecule has 0 atom stereocenters. The molecular formula is C19H25NO3. The molecule has 2 rings (SSSR count). The summed E-state index contributed by atoms with van der Waals surface area (Å²) in [5.41, 5.74) is 2.23. The van der Waals surface area contributed by atoms with Crippen LogP contribution in [0.3, 0.4) is 0 Å². The highest BCUT2D eigenvalue weighted by molar-refractivity contribution is 5.48. The van der Waals surface area contributed by atoms with Crippen LogP contribution >= 0.6 is 0 Å². The molecule has 4 nitrogen and oxygen atoms in total. The predicted octanol–water partition coefficient (Wildman–Crippen LogP) is 4.11. The Kier molecular flexibility index (Phi) is 6.76. The van der Waals surface area contributed by atoms with E-state index in [1.165, 1.54) is 5.56 Å². The van der Waals surface area contributed by atoms with E-state index in [0.717, 1.165) is 23.7 Å². The van der Waals surface area contributed by atoms with Gasteiger partial charge in [0.15, 0.2) is 0 Å². The minimum atomic E-state index is 0.194. The molecule has 4 heteroatoms. The largest absolute Gasteiger partial charge is 0.491 e. The van der Waals surface area contributed by atoms with Crippen molar-refractivity contribution in [2.24, 2.45) is 0 Å². The maximum absolute atomic E-state index is 5.65. The van der Waals surface area contributed by atoms with Crippen molar-refractivity contribution in [1.82, 2.24) is 0 Å². The van der Waals surface area contributed by atoms with Gasteiger partial charge in [0.25, 0.3) is 0 Å². The summed E-state index contributed by atoms with van der Waals surface area (Å²) in [6.45, 7) is 5.94. The summed E-state index contributed by atoms with van der Waals surface area (Å²) in [6.07, 6.45) is 0.194. The van der Waals surface area contributed by atoms with Crippen molar-refractivity contribution in [3.8, 4) is 11.5 Å². The highest BCUT2D eigenvalue weighted by atomic mass is 16.5. The summed E-state index contributed by atoms with van der Waals surface area (Å²) in [7, 11) is 1.67. The molecule has 2 aromatic rings. The Labute approximate surface area is 138 Å². The fourth-order valence-electron chi connectivity index (χ4n) is 2.10. The highest BCUT2D eigenvalue weighted by Gasteiger charge is 2.00. The molecule has 0 saturated heterocycles. The zero-order valence-corrected chi connectivity index (χ0v) is 14.0. The quantitative estimate of drug-likeness (QED) is 0.707. The number of hydrogen-bond acceptors (Lipinski definition) is 4. The second-order valence-corrected chi connectivity index (χ2v) is 5.53. The van der Waals surface area contributed by atoms with Crippen molar-refractivity contribution in [3.63, 3.8) is 0 Å². The van der Waals surface area contributed by atoms with Gasteiger partial charge in [-0.15, -0.1) is 0 Å². The van der Waals surface area contributed by atoms with E-state index in [2.05, 4.69) is 17.4 Å². The van der Waals surface area contributed by atoms with Crippen LogP contribution in [-0.4, -0.2) is 26.4 Å². The van der Waals surface area contributed by atoms with Crippen LogP contribution in [0, 0.1) is 0 Å². The van der Waals surface area contributed by atoms with Crippen molar-refractivity contribution in [2.75, 3.05) is 25.6 Å². The van der Waals surface area contributed by atoms with Gasteiger partial charge in [0.2, 0.25) is 0 Å². The summed E-state index contributed by atoms with van der Waals surface area (Å²) >= 11 is 0. The average Bonchev–Trinajstić information content (AvgIpc) is 2.54. The molecule has 0 amide bonds. The van der Waals surface area contributed by atoms with Crippen molar-refractivity contribution < 1.29 is 14.2 Å². The van der Waals surface area contributed by atoms with E-state index in [9.17, 15) is 0 Å². The van der Waals surface area contributed by atoms with E-state index in [-0.39, 0.29) is 6.10 Å². The molecule has 0 radical (unpaired) electrons. The van der Waals surface area contributed by atoms with Crippen LogP contribution in [0.1, 0.15) is 19.4 Å². The Hall–Kier alpha value is -2.20. The van der Waals surface area contributed by atoms with Gasteiger partial charge in [0.1, 0.15) is 18.1 Å². The van der Waals surface area contributed by atoms with Gasteiger partial charge in [-0.2, -0.15) is 0 Å². The third-order valence-corrected chi connectivity index (χ3v) is 3.18. The number of methoxy groups -OCH3 is 1. The van der Waals surface area contributed by atoms with Gasteiger partial charge in [-0.3, -0.25) is 0 Å². The van der Waals surface area contributed by atoms with Crippen LogP contribution in [0.25, 0.3) is 0 Å². The number of hydrogen-bond donors (Lipinski definition) is 1. The van der Waals surface area contributed by atoms with E-state index in [0.29, 0.717) is 13.2 Å². The van der Waals surface area contributed by atoms with E-state index in [1.54, 1.807) is 7.11 Å². The zero-order valence-electron chi connectivity index (χ0n) is 14.0. The molecule has 0 heterocycles. The Morgan fingerprint density at radius 2 is 1.74 bits per heavy atom. The molecule has 0 fully saturated rings. The minimum Gasteiger partial charge on any atom is -0.491 e. The molecular weight excluding hydrogens is 290 g/mol. The molecule has 0 saturated carbocycles. The van der Waals surface area contributed by atoms with Crippen LogP contribution < -0.4 is 14.8 Å². The lowest BCUT2D eigenvalue weighted by Crippen LogP contribution is -2.06. The zero-order chi connectivity index (χ0) is 16.5. The average molecular weight is 315 g/mol. The van der Waals surface area contributed by atoms with Crippen LogP contribution in [0.15, 0.2) is 48.5 Å². The van der Waals surface area contributed by atoms with E-state index in [4.69, 9.17) is 14.2 Å². The van der Waals surface area contributed by atoms with Crippen LogP contribution in [0.2, 0.25) is 0 Å². The number of benzene rings is 2. The molecule has 0 aliphatic heterocycles. The lowest BCUT2D eigenvalue weighted by molar-refractivity contribution is 0.146. The molecule has 0 aromatic heterocycles. The van der Waals surface area contributed by atoms with Gasteiger partial charge < -0.3 is 19.5 Å². The maximum Gasteiger partial charge on any atom is 0.121 e. The second kappa shape index (κ2) is 9.06. The lowest BCUT2D eigenvalue weighted by Gasteiger charge is -2.12. The highest BCUT2D eigenvalue weighted by Crippen LogP contribution is 2.19. The first-order valence-corrected chi connectivity index (χ1v) is 7.88. The topological polar surface area (TPSA) is 39.7 Å².